The molecule has 1 aliphatic rings. The smallest absolute Gasteiger partial charge is 0.422 e. The molecule has 0 spiro atoms. The number of benzene rings is 1. The second-order valence-corrected chi connectivity index (χ2v) is 6.65. The number of nitrogens with zero attached hydrogens (tertiary/aromatic N) is 2. The van der Waals surface area contributed by atoms with Crippen LogP contribution in [0.4, 0.5) is 26.3 Å². The summed E-state index contributed by atoms with van der Waals surface area (Å²) in [4.78, 5) is 19.9. The summed E-state index contributed by atoms with van der Waals surface area (Å²) in [6.45, 7) is 0.0740. The lowest BCUT2D eigenvalue weighted by Crippen LogP contribution is -2.29. The van der Waals surface area contributed by atoms with Crippen LogP contribution < -0.4 is 10.1 Å². The average molecular weight is 419 g/mol. The first-order chi connectivity index (χ1) is 13.5. The second kappa shape index (κ2) is 7.88. The van der Waals surface area contributed by atoms with Gasteiger partial charge in [-0.25, -0.2) is 18.2 Å². The molecule has 5 nitrogen and oxygen atoms in total. The molecule has 0 bridgehead atoms. The minimum absolute atomic E-state index is 0.0670. The number of alkyl halides is 3. The van der Waals surface area contributed by atoms with E-state index in [1.165, 1.54) is 0 Å². The van der Waals surface area contributed by atoms with Crippen LogP contribution in [0.15, 0.2) is 24.5 Å². The third-order valence-corrected chi connectivity index (χ3v) is 4.40. The lowest BCUT2D eigenvalue weighted by atomic mass is 10.1. The molecule has 0 aliphatic heterocycles. The number of carbonyl (C=O) groups is 1. The summed E-state index contributed by atoms with van der Waals surface area (Å²) in [6, 6.07) is 0.554. The molecule has 156 valence electrons. The summed E-state index contributed by atoms with van der Waals surface area (Å²) in [6.07, 6.45) is -2.07. The van der Waals surface area contributed by atoms with E-state index in [4.69, 9.17) is 0 Å². The van der Waals surface area contributed by atoms with E-state index in [1.54, 1.807) is 6.92 Å². The molecule has 2 aromatic rings. The molecule has 1 heterocycles. The molecule has 29 heavy (non-hydrogen) atoms. The van der Waals surface area contributed by atoms with Gasteiger partial charge in [0.1, 0.15) is 5.82 Å². The summed E-state index contributed by atoms with van der Waals surface area (Å²) < 4.78 is 81.0. The Hall–Kier alpha value is -2.85. The number of rotatable bonds is 6. The first-order valence-electron chi connectivity index (χ1n) is 8.51. The van der Waals surface area contributed by atoms with Gasteiger partial charge in [-0.2, -0.15) is 13.2 Å². The maximum absolute atomic E-state index is 13.8. The highest BCUT2D eigenvalue weighted by Gasteiger charge is 2.46. The lowest BCUT2D eigenvalue weighted by molar-refractivity contribution is -0.154. The van der Waals surface area contributed by atoms with Crippen molar-refractivity contribution in [3.63, 3.8) is 0 Å². The summed E-state index contributed by atoms with van der Waals surface area (Å²) >= 11 is 0. The van der Waals surface area contributed by atoms with Gasteiger partial charge in [-0.05, 0) is 30.9 Å². The van der Waals surface area contributed by atoms with E-state index in [0.29, 0.717) is 6.07 Å². The number of ether oxygens (including phenoxy) is 1. The maximum atomic E-state index is 13.8. The first-order valence-corrected chi connectivity index (χ1v) is 8.51. The standard InChI is InChI=1S/C18H15F6N3O2/c1-8(15-5-26-16(6-25-15)29-7-18(22,23)24)27-17(28)11-2-9(11)10-3-13(20)14(21)4-12(10)19/h3-6,8-9,11H,2,7H2,1H3,(H,27,28)/t8-,9+,11-/m1/s1. The third-order valence-electron chi connectivity index (χ3n) is 4.40. The molecule has 1 saturated carbocycles. The highest BCUT2D eigenvalue weighted by molar-refractivity contribution is 5.83. The van der Waals surface area contributed by atoms with Crippen LogP contribution >= 0.6 is 0 Å². The summed E-state index contributed by atoms with van der Waals surface area (Å²) in [5.74, 6) is -5.35. The molecular formula is C18H15F6N3O2. The van der Waals surface area contributed by atoms with Crippen molar-refractivity contribution >= 4 is 5.91 Å². The van der Waals surface area contributed by atoms with Crippen molar-refractivity contribution in [2.75, 3.05) is 6.61 Å². The third kappa shape index (κ3) is 5.15. The fourth-order valence-electron chi connectivity index (χ4n) is 2.83. The number of carbonyl (C=O) groups excluding carboxylic acids is 1. The predicted octanol–water partition coefficient (Wildman–Crippen LogP) is 3.82. The van der Waals surface area contributed by atoms with E-state index >= 15 is 0 Å². The monoisotopic (exact) mass is 419 g/mol. The topological polar surface area (TPSA) is 64.1 Å². The van der Waals surface area contributed by atoms with Crippen molar-refractivity contribution < 1.29 is 35.9 Å². The number of amides is 1. The Morgan fingerprint density at radius 2 is 1.86 bits per heavy atom. The van der Waals surface area contributed by atoms with Crippen LogP contribution in [0.1, 0.15) is 36.6 Å². The zero-order valence-electron chi connectivity index (χ0n) is 14.9. The molecule has 0 saturated heterocycles. The van der Waals surface area contributed by atoms with Gasteiger partial charge in [0.15, 0.2) is 18.2 Å². The Labute approximate surface area is 161 Å². The Morgan fingerprint density at radius 3 is 2.48 bits per heavy atom. The van der Waals surface area contributed by atoms with Crippen molar-refractivity contribution in [2.45, 2.75) is 31.5 Å². The van der Waals surface area contributed by atoms with Gasteiger partial charge in [0.25, 0.3) is 0 Å². The van der Waals surface area contributed by atoms with Crippen molar-refractivity contribution in [1.29, 1.82) is 0 Å². The first kappa shape index (κ1) is 20.9. The van der Waals surface area contributed by atoms with Gasteiger partial charge < -0.3 is 10.1 Å². The van der Waals surface area contributed by atoms with E-state index in [1.807, 2.05) is 0 Å². The Bertz CT molecular complexity index is 904. The molecule has 1 aromatic heterocycles. The van der Waals surface area contributed by atoms with Gasteiger partial charge in [-0.1, -0.05) is 0 Å². The zero-order chi connectivity index (χ0) is 21.3. The summed E-state index contributed by atoms with van der Waals surface area (Å²) in [5, 5.41) is 2.63. The van der Waals surface area contributed by atoms with E-state index in [9.17, 15) is 31.1 Å². The normalized spacial score (nSPS) is 19.6. The molecular weight excluding hydrogens is 404 g/mol. The highest BCUT2D eigenvalue weighted by Crippen LogP contribution is 2.48. The number of nitrogens with one attached hydrogen (secondary N) is 1. The molecule has 1 aromatic carbocycles. The van der Waals surface area contributed by atoms with Crippen LogP contribution in [-0.2, 0) is 4.79 Å². The van der Waals surface area contributed by atoms with Crippen LogP contribution in [0.3, 0.4) is 0 Å². The van der Waals surface area contributed by atoms with Gasteiger partial charge in [0.05, 0.1) is 24.1 Å². The lowest BCUT2D eigenvalue weighted by Gasteiger charge is -2.14. The largest absolute Gasteiger partial charge is 0.467 e. The van der Waals surface area contributed by atoms with Crippen LogP contribution in [0.25, 0.3) is 0 Å². The molecule has 11 heteroatoms. The van der Waals surface area contributed by atoms with Crippen molar-refractivity contribution in [3.8, 4) is 5.88 Å². The Balaban J connectivity index is 1.57. The van der Waals surface area contributed by atoms with Gasteiger partial charge in [0.2, 0.25) is 11.8 Å². The van der Waals surface area contributed by atoms with Crippen LogP contribution in [0.2, 0.25) is 0 Å². The maximum Gasteiger partial charge on any atom is 0.422 e. The van der Waals surface area contributed by atoms with E-state index in [-0.39, 0.29) is 23.6 Å². The minimum Gasteiger partial charge on any atom is -0.467 e. The fourth-order valence-corrected chi connectivity index (χ4v) is 2.83. The SMILES string of the molecule is C[C@@H](NC(=O)[C@@H]1C[C@H]1c1cc(F)c(F)cc1F)c1cnc(OCC(F)(F)F)cn1. The van der Waals surface area contributed by atoms with E-state index < -0.39 is 54.0 Å². The van der Waals surface area contributed by atoms with Crippen LogP contribution in [-0.4, -0.2) is 28.7 Å². The number of hydrogen-bond acceptors (Lipinski definition) is 4. The summed E-state index contributed by atoms with van der Waals surface area (Å²) in [5.41, 5.74) is 0.205. The van der Waals surface area contributed by atoms with Crippen molar-refractivity contribution in [3.05, 3.63) is 53.2 Å². The van der Waals surface area contributed by atoms with Crippen LogP contribution in [0, 0.1) is 23.4 Å². The van der Waals surface area contributed by atoms with Crippen LogP contribution in [0.5, 0.6) is 5.88 Å². The molecule has 0 radical (unpaired) electrons. The second-order valence-electron chi connectivity index (χ2n) is 6.65. The van der Waals surface area contributed by atoms with Crippen molar-refractivity contribution in [2.24, 2.45) is 5.92 Å². The number of hydrogen-bond donors (Lipinski definition) is 1. The molecule has 1 amide bonds. The van der Waals surface area contributed by atoms with Gasteiger partial charge in [-0.15, -0.1) is 0 Å². The highest BCUT2D eigenvalue weighted by atomic mass is 19.4. The fraction of sp³-hybridized carbons (Fsp3) is 0.389. The summed E-state index contributed by atoms with van der Waals surface area (Å²) in [7, 11) is 0. The minimum atomic E-state index is -4.50. The molecule has 1 N–H and O–H groups in total. The van der Waals surface area contributed by atoms with Gasteiger partial charge in [-0.3, -0.25) is 9.78 Å². The quantitative estimate of drug-likeness (QED) is 0.571. The van der Waals surface area contributed by atoms with Gasteiger partial charge in [0, 0.05) is 12.0 Å². The van der Waals surface area contributed by atoms with E-state index in [0.717, 1.165) is 18.5 Å². The van der Waals surface area contributed by atoms with Crippen molar-refractivity contribution in [1.82, 2.24) is 15.3 Å². The van der Waals surface area contributed by atoms with E-state index in [2.05, 4.69) is 20.0 Å². The number of halogens is 6. The Morgan fingerprint density at radius 1 is 1.17 bits per heavy atom. The molecule has 1 aliphatic carbocycles. The average Bonchev–Trinajstić information content (AvgIpc) is 3.43. The zero-order valence-corrected chi connectivity index (χ0v) is 14.9. The van der Waals surface area contributed by atoms with Gasteiger partial charge >= 0.3 is 6.18 Å². The number of aromatic nitrogens is 2. The molecule has 3 atom stereocenters. The molecule has 1 fully saturated rings. The molecule has 0 unspecified atom stereocenters. The molecule has 3 rings (SSSR count). The Kier molecular flexibility index (Phi) is 5.67. The predicted molar refractivity (Wildman–Crippen MR) is 87.3 cm³/mol.